The number of aromatic nitrogens is 3. The maximum atomic E-state index is 14.4. The number of rotatable bonds is 6. The van der Waals surface area contributed by atoms with E-state index < -0.39 is 5.82 Å². The molecule has 0 saturated carbocycles. The number of hydrogen-bond acceptors (Lipinski definition) is 8. The summed E-state index contributed by atoms with van der Waals surface area (Å²) in [5.74, 6) is 6.11. The van der Waals surface area contributed by atoms with Crippen molar-refractivity contribution in [2.45, 2.75) is 6.61 Å². The Bertz CT molecular complexity index is 1210. The summed E-state index contributed by atoms with van der Waals surface area (Å²) in [6.07, 6.45) is 3.14. The molecule has 0 amide bonds. The number of aliphatic hydroxyl groups is 1. The fourth-order valence-corrected chi connectivity index (χ4v) is 3.01. The lowest BCUT2D eigenvalue weighted by Gasteiger charge is -2.23. The highest BCUT2D eigenvalue weighted by Gasteiger charge is 2.22. The lowest BCUT2D eigenvalue weighted by molar-refractivity contribution is 0.282. The molecular formula is C22H19FN6O2. The van der Waals surface area contributed by atoms with Crippen molar-refractivity contribution in [1.82, 2.24) is 15.1 Å². The number of anilines is 1. The first-order valence-electron chi connectivity index (χ1n) is 9.32. The van der Waals surface area contributed by atoms with E-state index in [2.05, 4.69) is 15.1 Å². The summed E-state index contributed by atoms with van der Waals surface area (Å²) in [4.78, 5) is 8.37. The van der Waals surface area contributed by atoms with Gasteiger partial charge in [0.05, 0.1) is 18.0 Å². The minimum Gasteiger partial charge on any atom is -0.392 e. The standard InChI is InChI=1S/C22H19FN6O2/c23-17-3-1-2-4-18(17)29(25)20(15-9-11-26-12-10-15)19(24)22-27-21(28-31-22)16-7-5-14(13-30)6-8-16/h1-12,30H,13,24-25H2/b20-19-. The maximum absolute atomic E-state index is 14.4. The molecule has 2 heterocycles. The molecule has 0 aliphatic rings. The second-order valence-electron chi connectivity index (χ2n) is 6.60. The lowest BCUT2D eigenvalue weighted by atomic mass is 10.1. The smallest absolute Gasteiger partial charge is 0.276 e. The number of para-hydroxylation sites is 1. The van der Waals surface area contributed by atoms with Gasteiger partial charge in [-0.25, -0.2) is 10.2 Å². The molecule has 0 aliphatic heterocycles. The second-order valence-corrected chi connectivity index (χ2v) is 6.60. The van der Waals surface area contributed by atoms with Crippen molar-refractivity contribution >= 4 is 17.1 Å². The number of benzene rings is 2. The zero-order valence-electron chi connectivity index (χ0n) is 16.3. The Kier molecular flexibility index (Phi) is 5.69. The first kappa shape index (κ1) is 20.2. The van der Waals surface area contributed by atoms with Crippen molar-refractivity contribution in [3.8, 4) is 11.4 Å². The topological polar surface area (TPSA) is 127 Å². The summed E-state index contributed by atoms with van der Waals surface area (Å²) < 4.78 is 19.8. The number of nitrogens with zero attached hydrogens (tertiary/aromatic N) is 4. The van der Waals surface area contributed by atoms with E-state index in [9.17, 15) is 9.50 Å². The molecule has 4 rings (SSSR count). The molecule has 0 saturated heterocycles. The molecule has 9 heteroatoms. The van der Waals surface area contributed by atoms with Gasteiger partial charge in [-0.3, -0.25) is 9.99 Å². The van der Waals surface area contributed by atoms with Gasteiger partial charge in [-0.05, 0) is 29.8 Å². The molecular weight excluding hydrogens is 399 g/mol. The summed E-state index contributed by atoms with van der Waals surface area (Å²) in [6, 6.07) is 16.5. The van der Waals surface area contributed by atoms with Gasteiger partial charge in [0.15, 0.2) is 0 Å². The van der Waals surface area contributed by atoms with Crippen molar-refractivity contribution in [3.05, 3.63) is 95.9 Å². The number of halogens is 1. The van der Waals surface area contributed by atoms with Crippen LogP contribution in [0.4, 0.5) is 10.1 Å². The van der Waals surface area contributed by atoms with Gasteiger partial charge in [-0.15, -0.1) is 0 Å². The fourth-order valence-electron chi connectivity index (χ4n) is 3.01. The van der Waals surface area contributed by atoms with E-state index >= 15 is 0 Å². The van der Waals surface area contributed by atoms with Gasteiger partial charge in [0, 0.05) is 23.5 Å². The third-order valence-electron chi connectivity index (χ3n) is 4.61. The highest BCUT2D eigenvalue weighted by atomic mass is 19.1. The predicted octanol–water partition coefficient (Wildman–Crippen LogP) is 2.93. The van der Waals surface area contributed by atoms with Crippen LogP contribution in [0.15, 0.2) is 77.6 Å². The van der Waals surface area contributed by atoms with E-state index in [1.54, 1.807) is 60.9 Å². The van der Waals surface area contributed by atoms with E-state index in [1.807, 2.05) is 0 Å². The molecule has 0 bridgehead atoms. The van der Waals surface area contributed by atoms with Crippen LogP contribution in [0, 0.1) is 5.82 Å². The average Bonchev–Trinajstić information content (AvgIpc) is 3.30. The largest absolute Gasteiger partial charge is 0.392 e. The van der Waals surface area contributed by atoms with Gasteiger partial charge >= 0.3 is 0 Å². The fraction of sp³-hybridized carbons (Fsp3) is 0.0455. The molecule has 0 spiro atoms. The lowest BCUT2D eigenvalue weighted by Crippen LogP contribution is -2.32. The Morgan fingerprint density at radius 1 is 1.03 bits per heavy atom. The minimum atomic E-state index is -0.514. The Hall–Kier alpha value is -4.08. The Labute approximate surface area is 177 Å². The Morgan fingerprint density at radius 2 is 1.74 bits per heavy atom. The van der Waals surface area contributed by atoms with E-state index in [0.29, 0.717) is 17.0 Å². The monoisotopic (exact) mass is 418 g/mol. The molecule has 0 radical (unpaired) electrons. The van der Waals surface area contributed by atoms with Crippen molar-refractivity contribution in [1.29, 1.82) is 0 Å². The summed E-state index contributed by atoms with van der Waals surface area (Å²) in [7, 11) is 0. The zero-order chi connectivity index (χ0) is 21.8. The third-order valence-corrected chi connectivity index (χ3v) is 4.61. The number of hydrazine groups is 1. The zero-order valence-corrected chi connectivity index (χ0v) is 16.3. The predicted molar refractivity (Wildman–Crippen MR) is 114 cm³/mol. The molecule has 5 N–H and O–H groups in total. The first-order valence-corrected chi connectivity index (χ1v) is 9.32. The van der Waals surface area contributed by atoms with Crippen molar-refractivity contribution in [2.24, 2.45) is 11.6 Å². The van der Waals surface area contributed by atoms with E-state index in [4.69, 9.17) is 16.1 Å². The molecule has 31 heavy (non-hydrogen) atoms. The molecule has 0 fully saturated rings. The first-order chi connectivity index (χ1) is 15.1. The molecule has 0 aliphatic carbocycles. The number of pyridine rings is 1. The van der Waals surface area contributed by atoms with Crippen molar-refractivity contribution < 1.29 is 14.0 Å². The highest BCUT2D eigenvalue weighted by Crippen LogP contribution is 2.30. The summed E-state index contributed by atoms with van der Waals surface area (Å²) >= 11 is 0. The van der Waals surface area contributed by atoms with Crippen molar-refractivity contribution in [3.63, 3.8) is 0 Å². The number of hydrogen-bond donors (Lipinski definition) is 3. The normalized spacial score (nSPS) is 11.8. The third kappa shape index (κ3) is 4.13. The van der Waals surface area contributed by atoms with Crippen LogP contribution in [0.25, 0.3) is 22.8 Å². The van der Waals surface area contributed by atoms with Gasteiger partial charge < -0.3 is 15.4 Å². The average molecular weight is 418 g/mol. The molecule has 0 atom stereocenters. The van der Waals surface area contributed by atoms with E-state index in [-0.39, 0.29) is 29.6 Å². The molecule has 8 nitrogen and oxygen atoms in total. The molecule has 0 unspecified atom stereocenters. The molecule has 156 valence electrons. The van der Waals surface area contributed by atoms with Crippen LogP contribution in [-0.4, -0.2) is 20.2 Å². The van der Waals surface area contributed by atoms with Crippen LogP contribution < -0.4 is 16.6 Å². The van der Waals surface area contributed by atoms with Crippen LogP contribution in [0.5, 0.6) is 0 Å². The Morgan fingerprint density at radius 3 is 2.42 bits per heavy atom. The van der Waals surface area contributed by atoms with Crippen LogP contribution in [-0.2, 0) is 6.61 Å². The second kappa shape index (κ2) is 8.74. The van der Waals surface area contributed by atoms with Crippen LogP contribution >= 0.6 is 0 Å². The SMILES string of the molecule is N/C(=C(/c1ccncc1)N(N)c1ccccc1F)c1nc(-c2ccc(CO)cc2)no1. The van der Waals surface area contributed by atoms with Crippen LogP contribution in [0.3, 0.4) is 0 Å². The minimum absolute atomic E-state index is 0.0276. The summed E-state index contributed by atoms with van der Waals surface area (Å²) in [6.45, 7) is -0.0644. The number of nitrogens with two attached hydrogens (primary N) is 2. The Balaban J connectivity index is 1.79. The van der Waals surface area contributed by atoms with Gasteiger partial charge in [0.25, 0.3) is 5.89 Å². The van der Waals surface area contributed by atoms with Crippen LogP contribution in [0.1, 0.15) is 17.0 Å². The van der Waals surface area contributed by atoms with E-state index in [1.165, 1.54) is 12.1 Å². The van der Waals surface area contributed by atoms with Gasteiger partial charge in [0.1, 0.15) is 11.5 Å². The van der Waals surface area contributed by atoms with Gasteiger partial charge in [0.2, 0.25) is 5.82 Å². The summed E-state index contributed by atoms with van der Waals surface area (Å²) in [5.41, 5.74) is 8.88. The summed E-state index contributed by atoms with van der Waals surface area (Å²) in [5, 5.41) is 14.3. The highest BCUT2D eigenvalue weighted by molar-refractivity contribution is 5.93. The molecule has 2 aromatic heterocycles. The quantitative estimate of drug-likeness (QED) is 0.322. The van der Waals surface area contributed by atoms with E-state index in [0.717, 1.165) is 10.6 Å². The van der Waals surface area contributed by atoms with Gasteiger partial charge in [-0.2, -0.15) is 4.98 Å². The maximum Gasteiger partial charge on any atom is 0.276 e. The molecule has 2 aromatic carbocycles. The molecule has 4 aromatic rings. The van der Waals surface area contributed by atoms with Gasteiger partial charge in [-0.1, -0.05) is 41.6 Å². The van der Waals surface area contributed by atoms with Crippen molar-refractivity contribution in [2.75, 3.05) is 5.01 Å². The number of aliphatic hydroxyl groups excluding tert-OH is 1. The van der Waals surface area contributed by atoms with Crippen LogP contribution in [0.2, 0.25) is 0 Å².